The summed E-state index contributed by atoms with van der Waals surface area (Å²) in [4.78, 5) is 13.4. The molecule has 0 aromatic rings. The van der Waals surface area contributed by atoms with Crippen molar-refractivity contribution in [2.24, 2.45) is 5.41 Å². The molecule has 0 spiro atoms. The summed E-state index contributed by atoms with van der Waals surface area (Å²) in [5, 5.41) is -0.581. The Morgan fingerprint density at radius 3 is 1.68 bits per heavy atom. The highest BCUT2D eigenvalue weighted by molar-refractivity contribution is 6.76. The van der Waals surface area contributed by atoms with E-state index in [2.05, 4.69) is 20.8 Å². The van der Waals surface area contributed by atoms with Crippen LogP contribution in [0, 0.1) is 5.41 Å². The number of nitrogens with zero attached hydrogens (tertiary/aromatic N) is 1. The van der Waals surface area contributed by atoms with Gasteiger partial charge >= 0.3 is 7.12 Å². The molecule has 1 fully saturated rings. The van der Waals surface area contributed by atoms with E-state index in [0.29, 0.717) is 0 Å². The van der Waals surface area contributed by atoms with Crippen LogP contribution in [0.25, 0.3) is 0 Å². The average molecular weight is 409 g/mol. The maximum atomic E-state index is 12.2. The lowest BCUT2D eigenvalue weighted by atomic mass is 9.46. The molecule has 25 heavy (non-hydrogen) atoms. The monoisotopic (exact) mass is 407 g/mol. The Hall–Kier alpha value is -0.195. The van der Waals surface area contributed by atoms with Gasteiger partial charge in [0.2, 0.25) is 0 Å². The van der Waals surface area contributed by atoms with Crippen molar-refractivity contribution in [2.45, 2.75) is 68.8 Å². The van der Waals surface area contributed by atoms with Gasteiger partial charge in [-0.05, 0) is 33.1 Å². The maximum absolute atomic E-state index is 12.2. The molecule has 2 aliphatic rings. The molecule has 2 rings (SSSR count). The topological polar surface area (TPSA) is 38.8 Å². The van der Waals surface area contributed by atoms with Gasteiger partial charge < -0.3 is 9.31 Å². The standard InChI is InChI=1S/C17H25BCl3NO3/c1-13(2,3)16(18-24-14(4,5)15(6,7)25-18)8-10-22(11-9-16)12(23)17(19,20)21/h8-11H,1-7H3. The normalized spacial score (nSPS) is 24.7. The van der Waals surface area contributed by atoms with Gasteiger partial charge in [-0.25, -0.2) is 0 Å². The number of carbonyl (C=O) groups is 1. The lowest BCUT2D eigenvalue weighted by molar-refractivity contribution is -0.125. The molecular weight excluding hydrogens is 383 g/mol. The van der Waals surface area contributed by atoms with E-state index in [1.807, 2.05) is 39.8 Å². The molecule has 1 saturated heterocycles. The van der Waals surface area contributed by atoms with Crippen molar-refractivity contribution in [3.63, 3.8) is 0 Å². The van der Waals surface area contributed by atoms with Crippen molar-refractivity contribution in [2.75, 3.05) is 0 Å². The summed E-state index contributed by atoms with van der Waals surface area (Å²) in [7, 11) is -0.505. The summed E-state index contributed by atoms with van der Waals surface area (Å²) >= 11 is 17.1. The van der Waals surface area contributed by atoms with E-state index >= 15 is 0 Å². The van der Waals surface area contributed by atoms with Crippen molar-refractivity contribution in [1.29, 1.82) is 0 Å². The summed E-state index contributed by atoms with van der Waals surface area (Å²) in [6.45, 7) is 14.3. The van der Waals surface area contributed by atoms with Crippen LogP contribution in [0.1, 0.15) is 48.5 Å². The van der Waals surface area contributed by atoms with Gasteiger partial charge in [0.05, 0.1) is 11.2 Å². The van der Waals surface area contributed by atoms with Crippen LogP contribution in [0.5, 0.6) is 0 Å². The van der Waals surface area contributed by atoms with E-state index < -0.39 is 33.3 Å². The van der Waals surface area contributed by atoms with Gasteiger partial charge in [-0.2, -0.15) is 0 Å². The van der Waals surface area contributed by atoms with Crippen LogP contribution in [-0.4, -0.2) is 32.9 Å². The Labute approximate surface area is 165 Å². The zero-order chi connectivity index (χ0) is 19.5. The molecule has 140 valence electrons. The van der Waals surface area contributed by atoms with Crippen molar-refractivity contribution in [3.8, 4) is 0 Å². The molecule has 4 nitrogen and oxygen atoms in total. The molecule has 0 aromatic heterocycles. The van der Waals surface area contributed by atoms with E-state index in [0.717, 1.165) is 0 Å². The van der Waals surface area contributed by atoms with Crippen molar-refractivity contribution in [3.05, 3.63) is 24.6 Å². The van der Waals surface area contributed by atoms with Crippen LogP contribution in [0.3, 0.4) is 0 Å². The van der Waals surface area contributed by atoms with Crippen LogP contribution in [0.2, 0.25) is 5.31 Å². The van der Waals surface area contributed by atoms with Crippen LogP contribution >= 0.6 is 34.8 Å². The second kappa shape index (κ2) is 6.17. The van der Waals surface area contributed by atoms with Crippen LogP contribution < -0.4 is 0 Å². The largest absolute Gasteiger partial charge is 0.473 e. The van der Waals surface area contributed by atoms with E-state index in [-0.39, 0.29) is 5.41 Å². The fourth-order valence-electron chi connectivity index (χ4n) is 2.84. The highest BCUT2D eigenvalue weighted by Gasteiger charge is 2.62. The van der Waals surface area contributed by atoms with Crippen LogP contribution in [0.4, 0.5) is 0 Å². The fraction of sp³-hybridized carbons (Fsp3) is 0.706. The van der Waals surface area contributed by atoms with Gasteiger partial charge in [-0.3, -0.25) is 9.69 Å². The number of allylic oxidation sites excluding steroid dienone is 2. The van der Waals surface area contributed by atoms with Crippen molar-refractivity contribution < 1.29 is 14.1 Å². The van der Waals surface area contributed by atoms with Crippen molar-refractivity contribution in [1.82, 2.24) is 4.90 Å². The van der Waals surface area contributed by atoms with Crippen molar-refractivity contribution >= 4 is 47.8 Å². The molecule has 0 atom stereocenters. The molecule has 8 heteroatoms. The molecule has 0 aromatic carbocycles. The predicted octanol–water partition coefficient (Wildman–Crippen LogP) is 5.10. The first-order chi connectivity index (χ1) is 11.0. The molecular formula is C17H25BCl3NO3. The lowest BCUT2D eigenvalue weighted by Crippen LogP contribution is -2.45. The summed E-state index contributed by atoms with van der Waals surface area (Å²) < 4.78 is 10.6. The highest BCUT2D eigenvalue weighted by atomic mass is 35.6. The Morgan fingerprint density at radius 2 is 1.36 bits per heavy atom. The highest BCUT2D eigenvalue weighted by Crippen LogP contribution is 2.57. The Kier molecular flexibility index (Phi) is 5.21. The van der Waals surface area contributed by atoms with E-state index in [1.54, 1.807) is 12.4 Å². The number of hydrogen-bond donors (Lipinski definition) is 0. The van der Waals surface area contributed by atoms with Gasteiger partial charge in [0.25, 0.3) is 9.70 Å². The minimum absolute atomic E-state index is 0.240. The minimum atomic E-state index is -2.01. The number of halogens is 3. The minimum Gasteiger partial charge on any atom is -0.402 e. The molecule has 0 N–H and O–H groups in total. The van der Waals surface area contributed by atoms with Crippen LogP contribution in [-0.2, 0) is 14.1 Å². The quantitative estimate of drug-likeness (QED) is 0.447. The van der Waals surface area contributed by atoms with Gasteiger partial charge in [0.1, 0.15) is 0 Å². The molecule has 1 amide bonds. The first-order valence-corrected chi connectivity index (χ1v) is 9.31. The third-order valence-corrected chi connectivity index (χ3v) is 5.93. The summed E-state index contributed by atoms with van der Waals surface area (Å²) in [6.07, 6.45) is 7.01. The smallest absolute Gasteiger partial charge is 0.402 e. The summed E-state index contributed by atoms with van der Waals surface area (Å²) in [5.74, 6) is -0.638. The fourth-order valence-corrected chi connectivity index (χ4v) is 3.14. The number of alkyl halides is 3. The number of carbonyl (C=O) groups excluding carboxylic acids is 1. The molecule has 0 saturated carbocycles. The number of hydrogen-bond acceptors (Lipinski definition) is 3. The molecule has 0 bridgehead atoms. The maximum Gasteiger partial charge on any atom is 0.473 e. The molecule has 0 aliphatic carbocycles. The molecule has 0 radical (unpaired) electrons. The van der Waals surface area contributed by atoms with E-state index in [9.17, 15) is 4.79 Å². The SMILES string of the molecule is CC(C)(C)C1(B2OC(C)(C)C(C)(C)O2)C=CN(C(=O)C(Cl)(Cl)Cl)C=C1. The third kappa shape index (κ3) is 3.63. The predicted molar refractivity (Wildman–Crippen MR) is 104 cm³/mol. The first-order valence-electron chi connectivity index (χ1n) is 8.17. The lowest BCUT2D eigenvalue weighted by Gasteiger charge is -2.43. The number of rotatable bonds is 1. The molecule has 2 aliphatic heterocycles. The Morgan fingerprint density at radius 1 is 0.960 bits per heavy atom. The second-order valence-corrected chi connectivity index (χ2v) is 10.9. The molecule has 2 heterocycles. The molecule has 0 unspecified atom stereocenters. The van der Waals surface area contributed by atoms with E-state index in [1.165, 1.54) is 4.90 Å². The van der Waals surface area contributed by atoms with E-state index in [4.69, 9.17) is 44.1 Å². The zero-order valence-electron chi connectivity index (χ0n) is 15.7. The number of amides is 1. The van der Waals surface area contributed by atoms with Gasteiger partial charge in [-0.1, -0.05) is 67.7 Å². The Bertz CT molecular complexity index is 588. The first kappa shape index (κ1) is 21.1. The second-order valence-electron chi connectivity index (χ2n) is 8.61. The summed E-state index contributed by atoms with van der Waals surface area (Å²) in [5.41, 5.74) is -1.15. The summed E-state index contributed by atoms with van der Waals surface area (Å²) in [6, 6.07) is 0. The van der Waals surface area contributed by atoms with Gasteiger partial charge in [0.15, 0.2) is 0 Å². The zero-order valence-corrected chi connectivity index (χ0v) is 18.0. The van der Waals surface area contributed by atoms with Crippen LogP contribution in [0.15, 0.2) is 24.6 Å². The van der Waals surface area contributed by atoms with Gasteiger partial charge in [0, 0.05) is 17.7 Å². The average Bonchev–Trinajstić information content (AvgIpc) is 2.64. The van der Waals surface area contributed by atoms with Gasteiger partial charge in [-0.15, -0.1) is 0 Å². The third-order valence-electron chi connectivity index (χ3n) is 5.44. The Balaban J connectivity index is 2.39.